The van der Waals surface area contributed by atoms with E-state index in [2.05, 4.69) is 29.2 Å². The van der Waals surface area contributed by atoms with Crippen LogP contribution in [0.3, 0.4) is 0 Å². The largest absolute Gasteiger partial charge is 0.383 e. The molecule has 24 heavy (non-hydrogen) atoms. The molecule has 1 amide bonds. The van der Waals surface area contributed by atoms with Crippen molar-refractivity contribution < 1.29 is 9.53 Å². The van der Waals surface area contributed by atoms with Crippen LogP contribution in [0, 0.1) is 0 Å². The molecule has 1 aliphatic rings. The van der Waals surface area contributed by atoms with E-state index in [4.69, 9.17) is 10.5 Å². The lowest BCUT2D eigenvalue weighted by atomic mass is 10.0. The van der Waals surface area contributed by atoms with Gasteiger partial charge < -0.3 is 15.4 Å². The van der Waals surface area contributed by atoms with E-state index < -0.39 is 6.04 Å². The first kappa shape index (κ1) is 23.1. The summed E-state index contributed by atoms with van der Waals surface area (Å²) in [4.78, 5) is 16.5. The molecule has 5 nitrogen and oxygen atoms in total. The molecule has 2 atom stereocenters. The van der Waals surface area contributed by atoms with E-state index in [1.165, 1.54) is 5.56 Å². The number of rotatable bonds is 6. The fourth-order valence-corrected chi connectivity index (χ4v) is 3.02. The zero-order valence-electron chi connectivity index (χ0n) is 14.4. The zero-order chi connectivity index (χ0) is 15.9. The molecule has 7 heteroatoms. The number of ether oxygens (including phenoxy) is 1. The number of carbonyl (C=O) groups excluding carboxylic acids is 1. The van der Waals surface area contributed by atoms with Crippen molar-refractivity contribution in [3.05, 3.63) is 35.9 Å². The lowest BCUT2D eigenvalue weighted by molar-refractivity contribution is -0.135. The molecule has 0 radical (unpaired) electrons. The molecule has 0 aliphatic carbocycles. The number of amides is 1. The molecular weight excluding hydrogens is 349 g/mol. The molecule has 0 aromatic heterocycles. The van der Waals surface area contributed by atoms with Gasteiger partial charge in [-0.15, -0.1) is 24.8 Å². The Morgan fingerprint density at radius 2 is 2.04 bits per heavy atom. The van der Waals surface area contributed by atoms with Gasteiger partial charge in [0, 0.05) is 33.3 Å². The first-order valence-corrected chi connectivity index (χ1v) is 7.89. The lowest BCUT2D eigenvalue weighted by Crippen LogP contribution is -2.53. The average molecular weight is 378 g/mol. The summed E-state index contributed by atoms with van der Waals surface area (Å²) >= 11 is 0. The highest BCUT2D eigenvalue weighted by Gasteiger charge is 2.28. The second kappa shape index (κ2) is 11.7. The van der Waals surface area contributed by atoms with Crippen LogP contribution < -0.4 is 5.73 Å². The van der Waals surface area contributed by atoms with Crippen molar-refractivity contribution in [2.24, 2.45) is 5.73 Å². The van der Waals surface area contributed by atoms with Crippen molar-refractivity contribution in [2.75, 3.05) is 33.9 Å². The topological polar surface area (TPSA) is 58.8 Å². The third kappa shape index (κ3) is 6.57. The Bertz CT molecular complexity index is 476. The van der Waals surface area contributed by atoms with Gasteiger partial charge in [-0.25, -0.2) is 0 Å². The maximum Gasteiger partial charge on any atom is 0.241 e. The third-order valence-electron chi connectivity index (χ3n) is 4.29. The predicted molar refractivity (Wildman–Crippen MR) is 102 cm³/mol. The number of likely N-dealkylation sites (N-methyl/N-ethyl adjacent to an activating group) is 1. The van der Waals surface area contributed by atoms with Crippen LogP contribution in [0.5, 0.6) is 0 Å². The van der Waals surface area contributed by atoms with Crippen LogP contribution in [0.4, 0.5) is 0 Å². The maximum absolute atomic E-state index is 12.3. The molecule has 2 unspecified atom stereocenters. The minimum Gasteiger partial charge on any atom is -0.383 e. The molecule has 1 fully saturated rings. The Hall–Kier alpha value is -0.850. The number of hydrogen-bond donors (Lipinski definition) is 1. The van der Waals surface area contributed by atoms with Crippen LogP contribution in [-0.2, 0) is 16.1 Å². The second-order valence-electron chi connectivity index (χ2n) is 6.03. The van der Waals surface area contributed by atoms with Crippen molar-refractivity contribution in [3.63, 3.8) is 0 Å². The second-order valence-corrected chi connectivity index (χ2v) is 6.03. The Labute approximate surface area is 157 Å². The van der Waals surface area contributed by atoms with Gasteiger partial charge in [0.05, 0.1) is 6.61 Å². The van der Waals surface area contributed by atoms with E-state index in [1.54, 1.807) is 12.0 Å². The van der Waals surface area contributed by atoms with Crippen molar-refractivity contribution in [3.8, 4) is 0 Å². The highest BCUT2D eigenvalue weighted by molar-refractivity contribution is 5.85. The fraction of sp³-hybridized carbons (Fsp3) is 0.588. The molecule has 1 aromatic rings. The van der Waals surface area contributed by atoms with Crippen molar-refractivity contribution in [1.29, 1.82) is 0 Å². The monoisotopic (exact) mass is 377 g/mol. The van der Waals surface area contributed by atoms with Crippen LogP contribution in [0.25, 0.3) is 0 Å². The summed E-state index contributed by atoms with van der Waals surface area (Å²) < 4.78 is 4.98. The van der Waals surface area contributed by atoms with Gasteiger partial charge in [0.25, 0.3) is 0 Å². The third-order valence-corrected chi connectivity index (χ3v) is 4.29. The number of carbonyl (C=O) groups is 1. The molecule has 1 aliphatic heterocycles. The number of halogens is 2. The van der Waals surface area contributed by atoms with E-state index in [0.717, 1.165) is 32.5 Å². The minimum absolute atomic E-state index is 0. The van der Waals surface area contributed by atoms with Crippen molar-refractivity contribution >= 4 is 30.7 Å². The molecule has 1 saturated heterocycles. The Morgan fingerprint density at radius 1 is 1.38 bits per heavy atom. The first-order valence-electron chi connectivity index (χ1n) is 7.89. The van der Waals surface area contributed by atoms with Crippen molar-refractivity contribution in [1.82, 2.24) is 9.80 Å². The van der Waals surface area contributed by atoms with Crippen LogP contribution in [-0.4, -0.2) is 61.6 Å². The Morgan fingerprint density at radius 3 is 2.67 bits per heavy atom. The summed E-state index contributed by atoms with van der Waals surface area (Å²) in [6.07, 6.45) is 2.14. The van der Waals surface area contributed by atoms with Gasteiger partial charge in [0.2, 0.25) is 5.91 Å². The SMILES string of the molecule is COCC(N)C(=O)N(C)C1CCCN(Cc2ccccc2)C1.Cl.Cl. The fourth-order valence-electron chi connectivity index (χ4n) is 3.02. The van der Waals surface area contributed by atoms with Crippen LogP contribution in [0.2, 0.25) is 0 Å². The van der Waals surface area contributed by atoms with Gasteiger partial charge in [-0.1, -0.05) is 30.3 Å². The predicted octanol–water partition coefficient (Wildman–Crippen LogP) is 1.93. The lowest BCUT2D eigenvalue weighted by Gasteiger charge is -2.38. The van der Waals surface area contributed by atoms with Gasteiger partial charge in [0.1, 0.15) is 6.04 Å². The summed E-state index contributed by atoms with van der Waals surface area (Å²) in [5, 5.41) is 0. The molecule has 0 saturated carbocycles. The highest BCUT2D eigenvalue weighted by Crippen LogP contribution is 2.17. The molecule has 0 spiro atoms. The maximum atomic E-state index is 12.3. The number of likely N-dealkylation sites (tertiary alicyclic amines) is 1. The van der Waals surface area contributed by atoms with Crippen LogP contribution >= 0.6 is 24.8 Å². The molecule has 1 aromatic carbocycles. The summed E-state index contributed by atoms with van der Waals surface area (Å²) in [5.74, 6) is -0.0339. The van der Waals surface area contributed by atoms with Gasteiger partial charge in [-0.05, 0) is 24.9 Å². The van der Waals surface area contributed by atoms with E-state index in [0.29, 0.717) is 0 Å². The highest BCUT2D eigenvalue weighted by atomic mass is 35.5. The first-order chi connectivity index (χ1) is 10.6. The summed E-state index contributed by atoms with van der Waals surface area (Å²) in [6.45, 7) is 3.18. The minimum atomic E-state index is -0.570. The van der Waals surface area contributed by atoms with Gasteiger partial charge in [-0.3, -0.25) is 9.69 Å². The van der Waals surface area contributed by atoms with Gasteiger partial charge >= 0.3 is 0 Å². The van der Waals surface area contributed by atoms with E-state index in [1.807, 2.05) is 13.1 Å². The smallest absolute Gasteiger partial charge is 0.241 e. The standard InChI is InChI=1S/C17H27N3O2.2ClH/c1-19(17(21)16(18)13-22-2)15-9-6-10-20(12-15)11-14-7-4-3-5-8-14;;/h3-5,7-8,15-16H,6,9-13,18H2,1-2H3;2*1H. The van der Waals surface area contributed by atoms with Crippen LogP contribution in [0.1, 0.15) is 18.4 Å². The number of piperidine rings is 1. The molecular formula is C17H29Cl2N3O2. The van der Waals surface area contributed by atoms with E-state index >= 15 is 0 Å². The molecule has 1 heterocycles. The van der Waals surface area contributed by atoms with Gasteiger partial charge in [0.15, 0.2) is 0 Å². The summed E-state index contributed by atoms with van der Waals surface area (Å²) in [6, 6.07) is 10.1. The molecule has 2 rings (SSSR count). The Kier molecular flexibility index (Phi) is 11.2. The average Bonchev–Trinajstić information content (AvgIpc) is 2.55. The number of nitrogens with zero attached hydrogens (tertiary/aromatic N) is 2. The molecule has 2 N–H and O–H groups in total. The Balaban J connectivity index is 0.00000264. The van der Waals surface area contributed by atoms with E-state index in [9.17, 15) is 4.79 Å². The molecule has 138 valence electrons. The normalized spacial score (nSPS) is 18.9. The summed E-state index contributed by atoms with van der Waals surface area (Å²) in [5.41, 5.74) is 7.18. The van der Waals surface area contributed by atoms with Crippen molar-refractivity contribution in [2.45, 2.75) is 31.5 Å². The summed E-state index contributed by atoms with van der Waals surface area (Å²) in [7, 11) is 3.42. The van der Waals surface area contributed by atoms with E-state index in [-0.39, 0.29) is 43.4 Å². The quantitative estimate of drug-likeness (QED) is 0.822. The number of hydrogen-bond acceptors (Lipinski definition) is 4. The zero-order valence-corrected chi connectivity index (χ0v) is 16.0. The van der Waals surface area contributed by atoms with Gasteiger partial charge in [-0.2, -0.15) is 0 Å². The number of benzene rings is 1. The molecule has 0 bridgehead atoms. The number of nitrogens with two attached hydrogens (primary N) is 1. The van der Waals surface area contributed by atoms with Crippen LogP contribution in [0.15, 0.2) is 30.3 Å². The number of methoxy groups -OCH3 is 1.